The quantitative estimate of drug-likeness (QED) is 0.583. The van der Waals surface area contributed by atoms with Crippen LogP contribution in [0, 0.1) is 6.92 Å². The lowest BCUT2D eigenvalue weighted by molar-refractivity contribution is 0.472. The molecule has 3 aromatic rings. The van der Waals surface area contributed by atoms with E-state index in [1.165, 1.54) is 12.1 Å². The van der Waals surface area contributed by atoms with Gasteiger partial charge in [0.2, 0.25) is 0 Å². The number of para-hydroxylation sites is 1. The van der Waals surface area contributed by atoms with Gasteiger partial charge >= 0.3 is 0 Å². The van der Waals surface area contributed by atoms with Crippen LogP contribution in [0.1, 0.15) is 5.69 Å². The van der Waals surface area contributed by atoms with Crippen LogP contribution in [0.2, 0.25) is 0 Å². The number of nitrogens with two attached hydrogens (primary N) is 1. The predicted molar refractivity (Wildman–Crippen MR) is 98.1 cm³/mol. The van der Waals surface area contributed by atoms with Gasteiger partial charge in [-0.05, 0) is 43.3 Å². The number of anilines is 1. The Hall–Kier alpha value is -3.04. The van der Waals surface area contributed by atoms with Gasteiger partial charge in [-0.15, -0.1) is 0 Å². The number of aromatic nitrogens is 2. The summed E-state index contributed by atoms with van der Waals surface area (Å²) in [4.78, 5) is 11.6. The van der Waals surface area contributed by atoms with Crippen LogP contribution < -0.4 is 11.3 Å². The lowest BCUT2D eigenvalue weighted by Crippen LogP contribution is -2.20. The first-order valence-electron chi connectivity index (χ1n) is 7.49. The van der Waals surface area contributed by atoms with Gasteiger partial charge in [-0.1, -0.05) is 18.2 Å². The van der Waals surface area contributed by atoms with Gasteiger partial charge in [-0.3, -0.25) is 14.0 Å². The van der Waals surface area contributed by atoms with Crippen molar-refractivity contribution in [3.05, 3.63) is 70.6 Å². The van der Waals surface area contributed by atoms with Crippen LogP contribution in [0.15, 0.2) is 64.3 Å². The number of aromatic hydroxyl groups is 1. The van der Waals surface area contributed by atoms with E-state index >= 15 is 0 Å². The molecule has 0 radical (unpaired) electrons. The maximum absolute atomic E-state index is 11.8. The van der Waals surface area contributed by atoms with Crippen molar-refractivity contribution in [3.63, 3.8) is 0 Å². The van der Waals surface area contributed by atoms with E-state index < -0.39 is 10.1 Å². The molecule has 0 aliphatic heterocycles. The van der Waals surface area contributed by atoms with Crippen LogP contribution >= 0.6 is 0 Å². The maximum atomic E-state index is 11.8. The lowest BCUT2D eigenvalue weighted by atomic mass is 10.3. The Morgan fingerprint density at radius 3 is 1.96 bits per heavy atom. The molecule has 0 aliphatic carbocycles. The molecule has 8 nitrogen and oxygen atoms in total. The van der Waals surface area contributed by atoms with Crippen molar-refractivity contribution in [2.75, 3.05) is 5.73 Å². The number of nitrogen functional groups attached to an aromatic ring is 1. The van der Waals surface area contributed by atoms with Gasteiger partial charge in [-0.25, -0.2) is 4.68 Å². The molecule has 4 N–H and O–H groups in total. The highest BCUT2D eigenvalue weighted by atomic mass is 32.2. The van der Waals surface area contributed by atoms with Crippen molar-refractivity contribution >= 4 is 15.8 Å². The average molecular weight is 377 g/mol. The van der Waals surface area contributed by atoms with E-state index in [1.807, 2.05) is 44.3 Å². The molecule has 0 unspecified atom stereocenters. The van der Waals surface area contributed by atoms with Crippen molar-refractivity contribution in [1.82, 2.24) is 9.36 Å². The van der Waals surface area contributed by atoms with E-state index in [0.29, 0.717) is 5.69 Å². The third-order valence-corrected chi connectivity index (χ3v) is 4.60. The van der Waals surface area contributed by atoms with Crippen LogP contribution in [0.5, 0.6) is 5.75 Å². The molecule has 1 aromatic heterocycles. The van der Waals surface area contributed by atoms with E-state index in [-0.39, 0.29) is 16.2 Å². The Bertz CT molecular complexity index is 1050. The zero-order valence-electron chi connectivity index (χ0n) is 14.2. The summed E-state index contributed by atoms with van der Waals surface area (Å²) in [5.41, 5.74) is 7.43. The molecule has 3 rings (SSSR count). The van der Waals surface area contributed by atoms with Gasteiger partial charge in [0.25, 0.3) is 15.7 Å². The van der Waals surface area contributed by atoms with Crippen molar-refractivity contribution in [2.45, 2.75) is 11.8 Å². The monoisotopic (exact) mass is 377 g/mol. The standard InChI is InChI=1S/C11H13N3O.C6H6O4S/c1-8-10(12)11(15)14(13(8)2)9-6-4-3-5-7-9;7-5-1-3-6(4-2-5)11(8,9)10/h3-7H,12H2,1-2H3;1-4,7H,(H,8,9,10). The van der Waals surface area contributed by atoms with E-state index in [4.69, 9.17) is 15.4 Å². The Labute approximate surface area is 150 Å². The van der Waals surface area contributed by atoms with Crippen LogP contribution in [0.25, 0.3) is 5.69 Å². The van der Waals surface area contributed by atoms with Crippen molar-refractivity contribution in [2.24, 2.45) is 7.05 Å². The van der Waals surface area contributed by atoms with Gasteiger partial charge in [0.05, 0.1) is 16.3 Å². The third kappa shape index (κ3) is 4.13. The zero-order valence-corrected chi connectivity index (χ0v) is 15.0. The average Bonchev–Trinajstić information content (AvgIpc) is 2.79. The lowest BCUT2D eigenvalue weighted by Gasteiger charge is -2.07. The number of nitrogens with zero attached hydrogens (tertiary/aromatic N) is 2. The molecule has 26 heavy (non-hydrogen) atoms. The predicted octanol–water partition coefficient (Wildman–Crippen LogP) is 1.71. The third-order valence-electron chi connectivity index (χ3n) is 3.73. The minimum atomic E-state index is -4.13. The van der Waals surface area contributed by atoms with Gasteiger partial charge in [-0.2, -0.15) is 8.42 Å². The molecular formula is C17H19N3O5S. The molecule has 0 bridgehead atoms. The smallest absolute Gasteiger partial charge is 0.294 e. The summed E-state index contributed by atoms with van der Waals surface area (Å²) in [6, 6.07) is 14.0. The highest BCUT2D eigenvalue weighted by Gasteiger charge is 2.12. The number of phenols is 1. The highest BCUT2D eigenvalue weighted by Crippen LogP contribution is 2.13. The second-order valence-corrected chi connectivity index (χ2v) is 6.87. The summed E-state index contributed by atoms with van der Waals surface area (Å²) < 4.78 is 32.6. The summed E-state index contributed by atoms with van der Waals surface area (Å²) in [6.07, 6.45) is 0. The van der Waals surface area contributed by atoms with E-state index in [9.17, 15) is 13.2 Å². The normalized spacial score (nSPS) is 10.9. The summed E-state index contributed by atoms with van der Waals surface area (Å²) >= 11 is 0. The first kappa shape index (κ1) is 19.3. The first-order valence-corrected chi connectivity index (χ1v) is 8.93. The van der Waals surface area contributed by atoms with Crippen LogP contribution in [-0.4, -0.2) is 27.4 Å². The molecule has 1 heterocycles. The van der Waals surface area contributed by atoms with Gasteiger partial charge < -0.3 is 10.8 Å². The van der Waals surface area contributed by atoms with Gasteiger partial charge in [0.1, 0.15) is 11.4 Å². The van der Waals surface area contributed by atoms with Crippen molar-refractivity contribution in [1.29, 1.82) is 0 Å². The molecule has 0 saturated carbocycles. The molecule has 0 spiro atoms. The minimum absolute atomic E-state index is 0.0441. The number of rotatable bonds is 2. The summed E-state index contributed by atoms with van der Waals surface area (Å²) in [6.45, 7) is 1.83. The molecule has 0 saturated heterocycles. The Morgan fingerprint density at radius 2 is 1.54 bits per heavy atom. The van der Waals surface area contributed by atoms with Crippen LogP contribution in [0.3, 0.4) is 0 Å². The molecule has 138 valence electrons. The minimum Gasteiger partial charge on any atom is -0.508 e. The maximum Gasteiger partial charge on any atom is 0.294 e. The number of benzene rings is 2. The second kappa shape index (κ2) is 7.46. The molecule has 9 heteroatoms. The fraction of sp³-hybridized carbons (Fsp3) is 0.118. The summed E-state index contributed by atoms with van der Waals surface area (Å²) in [7, 11) is -2.31. The fourth-order valence-electron chi connectivity index (χ4n) is 2.21. The molecule has 0 amide bonds. The van der Waals surface area contributed by atoms with Crippen LogP contribution in [-0.2, 0) is 17.2 Å². The highest BCUT2D eigenvalue weighted by molar-refractivity contribution is 7.85. The first-order chi connectivity index (χ1) is 12.1. The van der Waals surface area contributed by atoms with E-state index in [1.54, 1.807) is 9.36 Å². The molecule has 0 atom stereocenters. The Kier molecular flexibility index (Phi) is 5.53. The zero-order chi connectivity index (χ0) is 19.5. The number of hydrogen-bond acceptors (Lipinski definition) is 5. The van der Waals surface area contributed by atoms with E-state index in [2.05, 4.69) is 0 Å². The topological polar surface area (TPSA) is 128 Å². The molecule has 0 fully saturated rings. The fourth-order valence-corrected chi connectivity index (χ4v) is 2.69. The Morgan fingerprint density at radius 1 is 1.00 bits per heavy atom. The molecule has 0 aliphatic rings. The van der Waals surface area contributed by atoms with Crippen molar-refractivity contribution < 1.29 is 18.1 Å². The Balaban J connectivity index is 0.000000197. The van der Waals surface area contributed by atoms with E-state index in [0.717, 1.165) is 23.5 Å². The van der Waals surface area contributed by atoms with Gasteiger partial charge in [0.15, 0.2) is 0 Å². The SMILES string of the molecule is Cc1c(N)c(=O)n(-c2ccccc2)n1C.O=S(=O)(O)c1ccc(O)cc1. The summed E-state index contributed by atoms with van der Waals surface area (Å²) in [5, 5.41) is 8.75. The molecular weight excluding hydrogens is 358 g/mol. The second-order valence-electron chi connectivity index (χ2n) is 5.44. The number of phenolic OH excluding ortho intramolecular Hbond substituents is 1. The largest absolute Gasteiger partial charge is 0.508 e. The van der Waals surface area contributed by atoms with Gasteiger partial charge in [0, 0.05) is 7.05 Å². The summed E-state index contributed by atoms with van der Waals surface area (Å²) in [5.74, 6) is -0.0441. The van der Waals surface area contributed by atoms with Crippen molar-refractivity contribution in [3.8, 4) is 11.4 Å². The van der Waals surface area contributed by atoms with Crippen LogP contribution in [0.4, 0.5) is 5.69 Å². The molecule has 2 aromatic carbocycles. The number of hydrogen-bond donors (Lipinski definition) is 3.